The van der Waals surface area contributed by atoms with Gasteiger partial charge in [-0.3, -0.25) is 18.8 Å². The Labute approximate surface area is 268 Å². The zero-order valence-electron chi connectivity index (χ0n) is 25.0. The van der Waals surface area contributed by atoms with E-state index >= 15 is 0 Å². The third-order valence-corrected chi connectivity index (χ3v) is 7.83. The quantitative estimate of drug-likeness (QED) is 0.267. The number of phenols is 1. The molecule has 0 bridgehead atoms. The molecule has 14 heteroatoms. The van der Waals surface area contributed by atoms with Gasteiger partial charge in [-0.15, -0.1) is 0 Å². The van der Waals surface area contributed by atoms with Crippen molar-refractivity contribution in [3.8, 4) is 34.8 Å². The van der Waals surface area contributed by atoms with Crippen LogP contribution in [0, 0.1) is 30.1 Å². The van der Waals surface area contributed by atoms with E-state index in [0.29, 0.717) is 60.1 Å². The molecule has 46 heavy (non-hydrogen) atoms. The molecule has 1 aromatic carbocycles. The maximum Gasteiger partial charge on any atom is 0.264 e. The fourth-order valence-corrected chi connectivity index (χ4v) is 5.38. The van der Waals surface area contributed by atoms with E-state index in [1.54, 1.807) is 53.9 Å². The van der Waals surface area contributed by atoms with Gasteiger partial charge in [0.1, 0.15) is 36.2 Å². The molecular formula is C32H28ClN9O4. The average Bonchev–Trinajstić information content (AvgIpc) is 3.64. The maximum absolute atomic E-state index is 13.9. The molecule has 2 N–H and O–H groups in total. The number of nitriles is 1. The van der Waals surface area contributed by atoms with E-state index in [1.807, 2.05) is 11.0 Å². The third kappa shape index (κ3) is 6.15. The van der Waals surface area contributed by atoms with Crippen molar-refractivity contribution >= 4 is 40.0 Å². The number of carbonyl (C=O) groups is 1. The number of aromatic hydroxyl groups is 1. The molecule has 0 radical (unpaired) electrons. The van der Waals surface area contributed by atoms with Crippen LogP contribution in [0.3, 0.4) is 0 Å². The minimum atomic E-state index is -0.405. The lowest BCUT2D eigenvalue weighted by molar-refractivity contribution is -0.116. The number of fused-ring (bicyclic) bond motifs is 1. The molecule has 6 rings (SSSR count). The minimum absolute atomic E-state index is 0.0589. The Balaban J connectivity index is 1.36. The van der Waals surface area contributed by atoms with Crippen LogP contribution in [-0.2, 0) is 29.7 Å². The molecule has 1 fully saturated rings. The van der Waals surface area contributed by atoms with Gasteiger partial charge in [0.2, 0.25) is 5.91 Å². The smallest absolute Gasteiger partial charge is 0.264 e. The highest BCUT2D eigenvalue weighted by molar-refractivity contribution is 6.33. The lowest BCUT2D eigenvalue weighted by Gasteiger charge is -2.28. The second kappa shape index (κ2) is 12.8. The number of pyridine rings is 1. The normalized spacial score (nSPS) is 12.9. The van der Waals surface area contributed by atoms with Crippen molar-refractivity contribution in [3.05, 3.63) is 81.4 Å². The van der Waals surface area contributed by atoms with Crippen molar-refractivity contribution in [2.75, 3.05) is 36.5 Å². The molecule has 0 atom stereocenters. The van der Waals surface area contributed by atoms with E-state index in [0.717, 1.165) is 0 Å². The van der Waals surface area contributed by atoms with Crippen LogP contribution >= 0.6 is 11.6 Å². The first-order valence-corrected chi connectivity index (χ1v) is 14.7. The number of anilines is 2. The Kier molecular flexibility index (Phi) is 8.44. The first-order chi connectivity index (χ1) is 22.2. The maximum atomic E-state index is 13.9. The van der Waals surface area contributed by atoms with Crippen molar-refractivity contribution in [3.63, 3.8) is 0 Å². The average molecular weight is 638 g/mol. The zero-order valence-corrected chi connectivity index (χ0v) is 25.7. The van der Waals surface area contributed by atoms with E-state index in [2.05, 4.69) is 32.2 Å². The third-order valence-electron chi connectivity index (χ3n) is 7.53. The summed E-state index contributed by atoms with van der Waals surface area (Å²) in [6.45, 7) is 4.04. The predicted molar refractivity (Wildman–Crippen MR) is 172 cm³/mol. The second-order valence-corrected chi connectivity index (χ2v) is 11.1. The highest BCUT2D eigenvalue weighted by atomic mass is 35.5. The molecule has 1 aliphatic heterocycles. The number of aromatic nitrogens is 6. The van der Waals surface area contributed by atoms with E-state index < -0.39 is 5.91 Å². The number of carbonyl (C=O) groups excluding carboxylic acids is 1. The summed E-state index contributed by atoms with van der Waals surface area (Å²) in [5, 5.41) is 27.4. The number of ether oxygens (including phenoxy) is 1. The van der Waals surface area contributed by atoms with Gasteiger partial charge in [0.05, 0.1) is 59.4 Å². The van der Waals surface area contributed by atoms with E-state index in [1.165, 1.54) is 23.2 Å². The van der Waals surface area contributed by atoms with Gasteiger partial charge in [-0.1, -0.05) is 23.4 Å². The molecule has 0 spiro atoms. The van der Waals surface area contributed by atoms with Crippen molar-refractivity contribution in [2.24, 2.45) is 7.05 Å². The lowest BCUT2D eigenvalue weighted by atomic mass is 10.00. The molecule has 5 heterocycles. The van der Waals surface area contributed by atoms with E-state index in [-0.39, 0.29) is 46.0 Å². The summed E-state index contributed by atoms with van der Waals surface area (Å²) < 4.78 is 10.00. The van der Waals surface area contributed by atoms with Gasteiger partial charge in [-0.2, -0.15) is 10.4 Å². The topological polar surface area (TPSA) is 156 Å². The van der Waals surface area contributed by atoms with Crippen molar-refractivity contribution in [1.82, 2.24) is 28.9 Å². The number of morpholine rings is 1. The molecule has 13 nitrogen and oxygen atoms in total. The van der Waals surface area contributed by atoms with Gasteiger partial charge in [-0.25, -0.2) is 9.97 Å². The van der Waals surface area contributed by atoms with Crippen LogP contribution in [0.25, 0.3) is 22.2 Å². The number of aryl methyl sites for hydroxylation is 2. The van der Waals surface area contributed by atoms with Crippen LogP contribution in [0.1, 0.15) is 16.7 Å². The van der Waals surface area contributed by atoms with Gasteiger partial charge in [-0.05, 0) is 30.2 Å². The molecule has 0 saturated carbocycles. The Hall–Kier alpha value is -5.63. The Morgan fingerprint density at radius 3 is 2.70 bits per heavy atom. The highest BCUT2D eigenvalue weighted by Gasteiger charge is 2.21. The number of amides is 1. The Morgan fingerprint density at radius 2 is 1.96 bits per heavy atom. The number of rotatable bonds is 6. The van der Waals surface area contributed by atoms with Gasteiger partial charge < -0.3 is 24.6 Å². The van der Waals surface area contributed by atoms with Gasteiger partial charge in [0, 0.05) is 44.2 Å². The number of nitrogens with zero attached hydrogens (tertiary/aromatic N) is 8. The summed E-state index contributed by atoms with van der Waals surface area (Å²) in [5.74, 6) is 6.08. The predicted octanol–water partition coefficient (Wildman–Crippen LogP) is 3.06. The van der Waals surface area contributed by atoms with Crippen LogP contribution in [0.15, 0.2) is 54.1 Å². The first-order valence-electron chi connectivity index (χ1n) is 14.3. The minimum Gasteiger partial charge on any atom is -0.506 e. The van der Waals surface area contributed by atoms with Crippen molar-refractivity contribution in [2.45, 2.75) is 20.0 Å². The number of nitrogens with one attached hydrogen (secondary N) is 1. The molecule has 1 amide bonds. The number of hydrogen-bond donors (Lipinski definition) is 2. The van der Waals surface area contributed by atoms with Gasteiger partial charge in [0.25, 0.3) is 5.56 Å². The molecule has 232 valence electrons. The summed E-state index contributed by atoms with van der Waals surface area (Å²) in [6.07, 6.45) is 7.92. The van der Waals surface area contributed by atoms with Crippen LogP contribution in [0.4, 0.5) is 11.5 Å². The summed E-state index contributed by atoms with van der Waals surface area (Å²) >= 11 is 6.39. The summed E-state index contributed by atoms with van der Waals surface area (Å²) in [6, 6.07) is 6.89. The Morgan fingerprint density at radius 1 is 1.15 bits per heavy atom. The van der Waals surface area contributed by atoms with Crippen LogP contribution in [-0.4, -0.2) is 66.2 Å². The number of hydrogen-bond acceptors (Lipinski definition) is 9. The standard InChI is InChI=1S/C32H28ClN9O4/c1-20-10-22(11-23(13-34)30(20)44)24-17-42(18-28(43)38-26-12-27(35-15-25(26)33)40-6-8-46-9-7-40)31-29(24)32(45)41(19-36-31)5-3-4-21-14-37-39(2)16-21/h10-12,14-17,19,44H,5-9,18H2,1-2H3,(H,35,38,43). The van der Waals surface area contributed by atoms with Crippen molar-refractivity contribution in [1.29, 1.82) is 5.26 Å². The van der Waals surface area contributed by atoms with E-state index in [9.17, 15) is 20.0 Å². The fourth-order valence-electron chi connectivity index (χ4n) is 5.23. The largest absolute Gasteiger partial charge is 0.506 e. The first kappa shape index (κ1) is 30.4. The molecule has 1 aliphatic rings. The second-order valence-electron chi connectivity index (χ2n) is 10.7. The number of phenolic OH excluding ortho intramolecular Hbond substituents is 1. The molecule has 0 aliphatic carbocycles. The van der Waals surface area contributed by atoms with Crippen LogP contribution < -0.4 is 15.8 Å². The molecule has 5 aromatic rings. The van der Waals surface area contributed by atoms with E-state index in [4.69, 9.17) is 16.3 Å². The summed E-state index contributed by atoms with van der Waals surface area (Å²) in [5.41, 5.74) is 2.48. The molecule has 1 saturated heterocycles. The lowest BCUT2D eigenvalue weighted by Crippen LogP contribution is -2.36. The van der Waals surface area contributed by atoms with Crippen LogP contribution in [0.5, 0.6) is 5.75 Å². The SMILES string of the molecule is Cc1cc(-c2cn(CC(=O)Nc3cc(N4CCOCC4)ncc3Cl)c3ncn(CC#Cc4cnn(C)c4)c(=O)c23)cc(C#N)c1O. The molecular weight excluding hydrogens is 610 g/mol. The zero-order chi connectivity index (χ0) is 32.4. The highest BCUT2D eigenvalue weighted by Crippen LogP contribution is 2.33. The van der Waals surface area contributed by atoms with Gasteiger partial charge >= 0.3 is 0 Å². The number of halogens is 1. The van der Waals surface area contributed by atoms with Crippen molar-refractivity contribution < 1.29 is 14.6 Å². The Bertz CT molecular complexity index is 2140. The molecule has 4 aromatic heterocycles. The monoisotopic (exact) mass is 637 g/mol. The summed E-state index contributed by atoms with van der Waals surface area (Å²) in [4.78, 5) is 38.2. The van der Waals surface area contributed by atoms with Gasteiger partial charge in [0.15, 0.2) is 0 Å². The van der Waals surface area contributed by atoms with Crippen LogP contribution in [0.2, 0.25) is 5.02 Å². The summed E-state index contributed by atoms with van der Waals surface area (Å²) in [7, 11) is 1.79. The molecule has 0 unspecified atom stereocenters. The number of benzene rings is 1. The fraction of sp³-hybridized carbons (Fsp3) is 0.250.